The largest absolute Gasteiger partial charge is 0.326 e. The van der Waals surface area contributed by atoms with Gasteiger partial charge in [-0.3, -0.25) is 0 Å². The van der Waals surface area contributed by atoms with Crippen LogP contribution in [0.4, 0.5) is 0 Å². The lowest BCUT2D eigenvalue weighted by molar-refractivity contribution is -0.674. The van der Waals surface area contributed by atoms with Gasteiger partial charge in [-0.25, -0.2) is 9.97 Å². The molecule has 2 heterocycles. The number of nitrogens with zero attached hydrogens (tertiary/aromatic N) is 4. The number of aromatic nitrogens is 4. The van der Waals surface area contributed by atoms with Gasteiger partial charge in [0.05, 0.1) is 12.7 Å². The number of rotatable bonds is 5. The number of hydrogen-bond acceptors (Lipinski definition) is 2. The maximum atomic E-state index is 4.74. The minimum atomic E-state index is 0.754. The van der Waals surface area contributed by atoms with Gasteiger partial charge < -0.3 is 9.13 Å². The van der Waals surface area contributed by atoms with Crippen LogP contribution in [0.2, 0.25) is 0 Å². The summed E-state index contributed by atoms with van der Waals surface area (Å²) in [6.07, 6.45) is 10.6. The number of aryl methyl sites for hydroxylation is 1. The highest BCUT2D eigenvalue weighted by Crippen LogP contribution is 2.14. The van der Waals surface area contributed by atoms with Crippen molar-refractivity contribution in [2.75, 3.05) is 0 Å². The fraction of sp³-hybridized carbons (Fsp3) is 0.136. The zero-order valence-electron chi connectivity index (χ0n) is 14.7. The van der Waals surface area contributed by atoms with Crippen LogP contribution in [0.25, 0.3) is 5.69 Å². The van der Waals surface area contributed by atoms with Gasteiger partial charge in [-0.05, 0) is 17.2 Å². The molecule has 0 radical (unpaired) electrons. The van der Waals surface area contributed by atoms with Crippen LogP contribution in [0.5, 0.6) is 0 Å². The standard InChI is InChI=1S/C22H20N4/c1-25-12-13-26(17-25)21-9-5-8-19(15-21)14-20-10-11-23-22(24-20)16-18-6-3-2-4-7-18/h2-13,15H,14,16H2,1H3. The second-order valence-electron chi connectivity index (χ2n) is 6.35. The summed E-state index contributed by atoms with van der Waals surface area (Å²) >= 11 is 0. The molecule has 0 saturated heterocycles. The molecule has 0 bridgehead atoms. The summed E-state index contributed by atoms with van der Waals surface area (Å²) in [7, 11) is 1.97. The summed E-state index contributed by atoms with van der Waals surface area (Å²) in [5, 5.41) is 0. The first kappa shape index (κ1) is 16.2. The average molecular weight is 340 g/mol. The average Bonchev–Trinajstić information content (AvgIpc) is 3.10. The van der Waals surface area contributed by atoms with Crippen molar-refractivity contribution in [3.8, 4) is 5.69 Å². The quantitative estimate of drug-likeness (QED) is 0.413. The summed E-state index contributed by atoms with van der Waals surface area (Å²) < 4.78 is 3.90. The Morgan fingerprint density at radius 2 is 1.81 bits per heavy atom. The zero-order chi connectivity index (χ0) is 17.8. The highest BCUT2D eigenvalue weighted by atomic mass is 15.1. The summed E-state index contributed by atoms with van der Waals surface area (Å²) in [4.78, 5) is 9.16. The van der Waals surface area contributed by atoms with E-state index in [9.17, 15) is 0 Å². The van der Waals surface area contributed by atoms with Crippen molar-refractivity contribution in [1.82, 2.24) is 14.5 Å². The molecule has 4 aromatic rings. The Labute approximate surface area is 153 Å². The van der Waals surface area contributed by atoms with Crippen molar-refractivity contribution in [3.05, 3.63) is 108 Å². The molecular weight excluding hydrogens is 320 g/mol. The fourth-order valence-electron chi connectivity index (χ4n) is 2.98. The number of benzene rings is 2. The van der Waals surface area contributed by atoms with Gasteiger partial charge >= 0.3 is 0 Å². The minimum Gasteiger partial charge on any atom is -0.326 e. The molecule has 0 amide bonds. The van der Waals surface area contributed by atoms with E-state index in [0.29, 0.717) is 0 Å². The molecule has 4 heteroatoms. The predicted octanol–water partition coefficient (Wildman–Crippen LogP) is 3.07. The molecule has 2 aromatic carbocycles. The molecule has 0 aliphatic carbocycles. The Bertz CT molecular complexity index is 1010. The third kappa shape index (κ3) is 3.86. The van der Waals surface area contributed by atoms with E-state index in [0.717, 1.165) is 30.0 Å². The van der Waals surface area contributed by atoms with Crippen molar-refractivity contribution in [3.63, 3.8) is 0 Å². The number of imidazole rings is 1. The minimum absolute atomic E-state index is 0.754. The Balaban J connectivity index is 1.53. The Morgan fingerprint density at radius 3 is 2.62 bits per heavy atom. The van der Waals surface area contributed by atoms with Crippen molar-refractivity contribution < 1.29 is 4.57 Å². The highest BCUT2D eigenvalue weighted by molar-refractivity contribution is 5.37. The fourth-order valence-corrected chi connectivity index (χ4v) is 2.98. The molecule has 0 saturated carbocycles. The SMILES string of the molecule is C[n+]1[c-]n(-c2cccc(Cc3ccnc(Cc4ccccc4)n3)c2)cc1. The third-order valence-electron chi connectivity index (χ3n) is 4.25. The van der Waals surface area contributed by atoms with E-state index in [1.807, 2.05) is 59.0 Å². The Hall–Kier alpha value is -3.27. The van der Waals surface area contributed by atoms with Crippen LogP contribution >= 0.6 is 0 Å². The molecule has 4 rings (SSSR count). The summed E-state index contributed by atoms with van der Waals surface area (Å²) in [5.41, 5.74) is 4.58. The lowest BCUT2D eigenvalue weighted by Gasteiger charge is -2.07. The van der Waals surface area contributed by atoms with Crippen molar-refractivity contribution >= 4 is 0 Å². The van der Waals surface area contributed by atoms with E-state index >= 15 is 0 Å². The van der Waals surface area contributed by atoms with Gasteiger partial charge in [0.2, 0.25) is 6.33 Å². The lowest BCUT2D eigenvalue weighted by atomic mass is 10.1. The first-order valence-electron chi connectivity index (χ1n) is 8.67. The molecule has 0 N–H and O–H groups in total. The summed E-state index contributed by atoms with van der Waals surface area (Å²) in [5.74, 6) is 0.857. The van der Waals surface area contributed by atoms with Gasteiger partial charge in [0.1, 0.15) is 5.82 Å². The van der Waals surface area contributed by atoms with E-state index in [1.165, 1.54) is 11.1 Å². The molecule has 2 aromatic heterocycles. The van der Waals surface area contributed by atoms with Gasteiger partial charge in [0.25, 0.3) is 0 Å². The molecule has 0 atom stereocenters. The smallest absolute Gasteiger partial charge is 0.243 e. The van der Waals surface area contributed by atoms with Crippen LogP contribution in [0.15, 0.2) is 79.3 Å². The molecule has 0 aliphatic rings. The first-order chi connectivity index (χ1) is 12.8. The van der Waals surface area contributed by atoms with E-state index in [4.69, 9.17) is 4.98 Å². The van der Waals surface area contributed by atoms with Gasteiger partial charge in [0.15, 0.2) is 0 Å². The van der Waals surface area contributed by atoms with Crippen LogP contribution in [0.3, 0.4) is 0 Å². The maximum Gasteiger partial charge on any atom is 0.243 e. The van der Waals surface area contributed by atoms with Crippen LogP contribution in [-0.2, 0) is 19.9 Å². The van der Waals surface area contributed by atoms with Crippen LogP contribution < -0.4 is 4.57 Å². The molecule has 128 valence electrons. The van der Waals surface area contributed by atoms with E-state index in [-0.39, 0.29) is 0 Å². The Morgan fingerprint density at radius 1 is 0.962 bits per heavy atom. The topological polar surface area (TPSA) is 34.6 Å². The first-order valence-corrected chi connectivity index (χ1v) is 8.67. The van der Waals surface area contributed by atoms with Gasteiger partial charge in [0, 0.05) is 37.1 Å². The molecule has 0 spiro atoms. The number of hydrogen-bond donors (Lipinski definition) is 0. The van der Waals surface area contributed by atoms with Crippen LogP contribution in [0, 0.1) is 6.33 Å². The molecule has 0 fully saturated rings. The van der Waals surface area contributed by atoms with E-state index < -0.39 is 0 Å². The molecule has 0 unspecified atom stereocenters. The monoisotopic (exact) mass is 340 g/mol. The molecular formula is C22H20N4. The van der Waals surface area contributed by atoms with Crippen LogP contribution in [-0.4, -0.2) is 14.5 Å². The molecule has 26 heavy (non-hydrogen) atoms. The van der Waals surface area contributed by atoms with Crippen molar-refractivity contribution in [2.24, 2.45) is 7.05 Å². The molecule has 4 nitrogen and oxygen atoms in total. The van der Waals surface area contributed by atoms with E-state index in [1.54, 1.807) is 0 Å². The molecule has 0 aliphatic heterocycles. The predicted molar refractivity (Wildman–Crippen MR) is 99.9 cm³/mol. The second kappa shape index (κ2) is 7.31. The summed E-state index contributed by atoms with van der Waals surface area (Å²) in [6.45, 7) is 0. The van der Waals surface area contributed by atoms with E-state index in [2.05, 4.69) is 47.7 Å². The zero-order valence-corrected chi connectivity index (χ0v) is 14.7. The normalized spacial score (nSPS) is 10.8. The van der Waals surface area contributed by atoms with Gasteiger partial charge in [-0.1, -0.05) is 54.6 Å². The highest BCUT2D eigenvalue weighted by Gasteiger charge is 2.04. The van der Waals surface area contributed by atoms with Crippen LogP contribution in [0.1, 0.15) is 22.6 Å². The lowest BCUT2D eigenvalue weighted by Crippen LogP contribution is -2.24. The Kier molecular flexibility index (Phi) is 4.56. The third-order valence-corrected chi connectivity index (χ3v) is 4.25. The second-order valence-corrected chi connectivity index (χ2v) is 6.35. The van der Waals surface area contributed by atoms with Gasteiger partial charge in [-0.15, -0.1) is 0 Å². The van der Waals surface area contributed by atoms with Crippen molar-refractivity contribution in [1.29, 1.82) is 0 Å². The van der Waals surface area contributed by atoms with Crippen molar-refractivity contribution in [2.45, 2.75) is 12.8 Å². The maximum absolute atomic E-state index is 4.74. The summed E-state index contributed by atoms with van der Waals surface area (Å²) in [6, 6.07) is 20.8. The van der Waals surface area contributed by atoms with Gasteiger partial charge in [-0.2, -0.15) is 0 Å².